The van der Waals surface area contributed by atoms with Crippen LogP contribution in [0.25, 0.3) is 16.4 Å². The van der Waals surface area contributed by atoms with E-state index in [1.807, 2.05) is 41.1 Å². The predicted octanol–water partition coefficient (Wildman–Crippen LogP) is 1.95. The van der Waals surface area contributed by atoms with E-state index >= 15 is 0 Å². The smallest absolute Gasteiger partial charge is 0.145 e. The monoisotopic (exact) mass is 227 g/mol. The molecular formula is C13H13N3O. The van der Waals surface area contributed by atoms with Crippen LogP contribution in [0.15, 0.2) is 36.7 Å². The molecule has 0 spiro atoms. The molecule has 0 atom stereocenters. The normalized spacial score (nSPS) is 11.2. The van der Waals surface area contributed by atoms with Gasteiger partial charge in [0.15, 0.2) is 0 Å². The highest BCUT2D eigenvalue weighted by molar-refractivity contribution is 5.97. The minimum atomic E-state index is 0.452. The molecule has 2 N–H and O–H groups in total. The number of fused-ring (bicyclic) bond motifs is 3. The summed E-state index contributed by atoms with van der Waals surface area (Å²) in [6.07, 6.45) is 3.93. The summed E-state index contributed by atoms with van der Waals surface area (Å²) in [5.41, 5.74) is 7.42. The van der Waals surface area contributed by atoms with E-state index in [0.29, 0.717) is 6.54 Å². The van der Waals surface area contributed by atoms with Crippen molar-refractivity contribution in [2.24, 2.45) is 5.73 Å². The van der Waals surface area contributed by atoms with Gasteiger partial charge >= 0.3 is 0 Å². The van der Waals surface area contributed by atoms with Gasteiger partial charge in [-0.3, -0.25) is 0 Å². The van der Waals surface area contributed by atoms with Crippen LogP contribution >= 0.6 is 0 Å². The first-order chi connectivity index (χ1) is 8.33. The highest BCUT2D eigenvalue weighted by Gasteiger charge is 2.07. The van der Waals surface area contributed by atoms with E-state index in [4.69, 9.17) is 10.5 Å². The molecule has 1 aromatic carbocycles. The van der Waals surface area contributed by atoms with Crippen molar-refractivity contribution in [3.8, 4) is 5.75 Å². The van der Waals surface area contributed by atoms with E-state index in [1.54, 1.807) is 7.11 Å². The number of imidazole rings is 1. The topological polar surface area (TPSA) is 52.5 Å². The minimum Gasteiger partial charge on any atom is -0.496 e. The zero-order valence-corrected chi connectivity index (χ0v) is 9.55. The van der Waals surface area contributed by atoms with E-state index in [9.17, 15) is 0 Å². The highest BCUT2D eigenvalue weighted by Crippen LogP contribution is 2.27. The molecule has 0 radical (unpaired) electrons. The average molecular weight is 227 g/mol. The minimum absolute atomic E-state index is 0.452. The van der Waals surface area contributed by atoms with Crippen LogP contribution in [-0.4, -0.2) is 16.5 Å². The summed E-state index contributed by atoms with van der Waals surface area (Å²) >= 11 is 0. The number of hydrogen-bond donors (Lipinski definition) is 1. The molecule has 0 unspecified atom stereocenters. The lowest BCUT2D eigenvalue weighted by Crippen LogP contribution is -1.95. The Morgan fingerprint density at radius 2 is 2.18 bits per heavy atom. The number of hydrogen-bond acceptors (Lipinski definition) is 3. The molecule has 0 saturated carbocycles. The van der Waals surface area contributed by atoms with Crippen molar-refractivity contribution >= 4 is 16.4 Å². The Labute approximate surface area is 98.6 Å². The van der Waals surface area contributed by atoms with Crippen molar-refractivity contribution < 1.29 is 4.74 Å². The maximum absolute atomic E-state index is 5.61. The van der Waals surface area contributed by atoms with Gasteiger partial charge in [-0.2, -0.15) is 0 Å². The molecule has 0 aliphatic carbocycles. The van der Waals surface area contributed by atoms with Crippen molar-refractivity contribution in [3.05, 3.63) is 42.4 Å². The molecular weight excluding hydrogens is 214 g/mol. The van der Waals surface area contributed by atoms with E-state index in [2.05, 4.69) is 4.98 Å². The lowest BCUT2D eigenvalue weighted by Gasteiger charge is -2.05. The number of nitrogens with two attached hydrogens (primary N) is 1. The molecule has 0 amide bonds. The average Bonchev–Trinajstić information content (AvgIpc) is 2.81. The zero-order chi connectivity index (χ0) is 11.8. The van der Waals surface area contributed by atoms with Crippen molar-refractivity contribution in [1.29, 1.82) is 0 Å². The van der Waals surface area contributed by atoms with Gasteiger partial charge in [-0.25, -0.2) is 4.98 Å². The van der Waals surface area contributed by atoms with Crippen molar-refractivity contribution in [3.63, 3.8) is 0 Å². The molecule has 0 fully saturated rings. The molecule has 0 bridgehead atoms. The van der Waals surface area contributed by atoms with Gasteiger partial charge in [0, 0.05) is 29.7 Å². The largest absolute Gasteiger partial charge is 0.496 e. The molecule has 2 aromatic heterocycles. The van der Waals surface area contributed by atoms with Gasteiger partial charge in [-0.15, -0.1) is 0 Å². The molecule has 0 saturated heterocycles. The molecule has 86 valence electrons. The molecule has 17 heavy (non-hydrogen) atoms. The molecule has 0 aliphatic rings. The van der Waals surface area contributed by atoms with Gasteiger partial charge < -0.3 is 14.9 Å². The molecule has 2 heterocycles. The van der Waals surface area contributed by atoms with Crippen LogP contribution in [0.5, 0.6) is 5.75 Å². The number of benzene rings is 1. The number of rotatable bonds is 2. The molecule has 0 aliphatic heterocycles. The van der Waals surface area contributed by atoms with Crippen molar-refractivity contribution in [2.75, 3.05) is 7.11 Å². The number of pyridine rings is 1. The number of methoxy groups -OCH3 is 1. The van der Waals surface area contributed by atoms with Crippen LogP contribution in [0, 0.1) is 0 Å². The SMILES string of the molecule is COc1cccc2c1ccn1cc(CN)nc21. The Morgan fingerprint density at radius 3 is 2.94 bits per heavy atom. The van der Waals surface area contributed by atoms with E-state index < -0.39 is 0 Å². The first kappa shape index (κ1) is 10.1. The summed E-state index contributed by atoms with van der Waals surface area (Å²) in [6.45, 7) is 0.452. The van der Waals surface area contributed by atoms with Crippen LogP contribution in [0.4, 0.5) is 0 Å². The fourth-order valence-corrected chi connectivity index (χ4v) is 2.10. The summed E-state index contributed by atoms with van der Waals surface area (Å²) in [4.78, 5) is 4.52. The van der Waals surface area contributed by atoms with Crippen LogP contribution in [-0.2, 0) is 6.54 Å². The summed E-state index contributed by atoms with van der Waals surface area (Å²) in [6, 6.07) is 7.99. The third kappa shape index (κ3) is 1.45. The Bertz CT molecular complexity index is 688. The van der Waals surface area contributed by atoms with Crippen LogP contribution in [0.1, 0.15) is 5.69 Å². The predicted molar refractivity (Wildman–Crippen MR) is 67.1 cm³/mol. The molecule has 4 nitrogen and oxygen atoms in total. The summed E-state index contributed by atoms with van der Waals surface area (Å²) in [5.74, 6) is 0.863. The van der Waals surface area contributed by atoms with Gasteiger partial charge in [0.1, 0.15) is 11.4 Å². The highest BCUT2D eigenvalue weighted by atomic mass is 16.5. The van der Waals surface area contributed by atoms with Crippen LogP contribution in [0.2, 0.25) is 0 Å². The third-order valence-electron chi connectivity index (χ3n) is 2.92. The van der Waals surface area contributed by atoms with Crippen LogP contribution in [0.3, 0.4) is 0 Å². The first-order valence-corrected chi connectivity index (χ1v) is 5.47. The Balaban J connectivity index is 2.42. The molecule has 4 heteroatoms. The quantitative estimate of drug-likeness (QED) is 0.728. The number of aromatic nitrogens is 2. The number of nitrogens with zero attached hydrogens (tertiary/aromatic N) is 2. The van der Waals surface area contributed by atoms with Crippen molar-refractivity contribution in [1.82, 2.24) is 9.38 Å². The lowest BCUT2D eigenvalue weighted by atomic mass is 10.1. The fraction of sp³-hybridized carbons (Fsp3) is 0.154. The van der Waals surface area contributed by atoms with Gasteiger partial charge in [-0.1, -0.05) is 12.1 Å². The summed E-state index contributed by atoms with van der Waals surface area (Å²) < 4.78 is 7.34. The van der Waals surface area contributed by atoms with E-state index in [0.717, 1.165) is 27.9 Å². The Morgan fingerprint density at radius 1 is 1.29 bits per heavy atom. The third-order valence-corrected chi connectivity index (χ3v) is 2.92. The Kier molecular flexibility index (Phi) is 2.23. The fourth-order valence-electron chi connectivity index (χ4n) is 2.10. The maximum atomic E-state index is 5.61. The van der Waals surface area contributed by atoms with Crippen molar-refractivity contribution in [2.45, 2.75) is 6.54 Å². The van der Waals surface area contributed by atoms with Gasteiger partial charge in [0.2, 0.25) is 0 Å². The second kappa shape index (κ2) is 3.75. The van der Waals surface area contributed by atoms with Gasteiger partial charge in [0.05, 0.1) is 12.8 Å². The maximum Gasteiger partial charge on any atom is 0.145 e. The lowest BCUT2D eigenvalue weighted by molar-refractivity contribution is 0.420. The summed E-state index contributed by atoms with van der Waals surface area (Å²) in [5, 5.41) is 2.14. The van der Waals surface area contributed by atoms with E-state index in [1.165, 1.54) is 0 Å². The Hall–Kier alpha value is -2.07. The summed E-state index contributed by atoms with van der Waals surface area (Å²) in [7, 11) is 1.68. The van der Waals surface area contributed by atoms with Crippen LogP contribution < -0.4 is 10.5 Å². The van der Waals surface area contributed by atoms with Gasteiger partial charge in [-0.05, 0) is 12.1 Å². The second-order valence-corrected chi connectivity index (χ2v) is 3.90. The molecule has 3 rings (SSSR count). The van der Waals surface area contributed by atoms with Gasteiger partial charge in [0.25, 0.3) is 0 Å². The van der Waals surface area contributed by atoms with E-state index in [-0.39, 0.29) is 0 Å². The zero-order valence-electron chi connectivity index (χ0n) is 9.55. The molecule has 3 aromatic rings. The standard InChI is InChI=1S/C13H13N3O/c1-17-12-4-2-3-11-10(12)5-6-16-8-9(7-14)15-13(11)16/h2-6,8H,7,14H2,1H3. The second-order valence-electron chi connectivity index (χ2n) is 3.90. The number of ether oxygens (including phenoxy) is 1. The first-order valence-electron chi connectivity index (χ1n) is 5.47.